The summed E-state index contributed by atoms with van der Waals surface area (Å²) in [4.78, 5) is 0. The fourth-order valence-electron chi connectivity index (χ4n) is 0.387. The Hall–Kier alpha value is -0.550. The SMILES string of the molecule is C=[N+]=CCCCC. The van der Waals surface area contributed by atoms with Gasteiger partial charge in [0.2, 0.25) is 0 Å². The van der Waals surface area contributed by atoms with Gasteiger partial charge in [0.25, 0.3) is 12.9 Å². The largest absolute Gasteiger partial charge is 0.268 e. The molecule has 1 heteroatoms. The van der Waals surface area contributed by atoms with Gasteiger partial charge in [-0.3, -0.25) is 0 Å². The normalized spacial score (nSPS) is 7.57. The van der Waals surface area contributed by atoms with E-state index in [9.17, 15) is 0 Å². The maximum absolute atomic E-state index is 3.60. The van der Waals surface area contributed by atoms with Gasteiger partial charge in [0.1, 0.15) is 0 Å². The molecule has 0 amide bonds. The van der Waals surface area contributed by atoms with Crippen LogP contribution in [0, 0.1) is 0 Å². The van der Waals surface area contributed by atoms with E-state index >= 15 is 0 Å². The quantitative estimate of drug-likeness (QED) is 0.284. The lowest BCUT2D eigenvalue weighted by Crippen LogP contribution is -1.76. The minimum Gasteiger partial charge on any atom is -0.114 e. The number of hydrogen-bond acceptors (Lipinski definition) is 0. The Kier molecular flexibility index (Phi) is 5.02. The molecule has 0 spiro atoms. The molecule has 0 rings (SSSR count). The molecule has 0 atom stereocenters. The highest BCUT2D eigenvalue weighted by atomic mass is 14.5. The summed E-state index contributed by atoms with van der Waals surface area (Å²) in [6.45, 7) is 5.49. The molecular weight excluding hydrogens is 86.1 g/mol. The summed E-state index contributed by atoms with van der Waals surface area (Å²) in [5.41, 5.74) is 0. The van der Waals surface area contributed by atoms with Crippen LogP contribution in [0.15, 0.2) is 0 Å². The predicted octanol–water partition coefficient (Wildman–Crippen LogP) is 1.02. The number of nitrogens with zero attached hydrogens (tertiary/aromatic N) is 1. The van der Waals surface area contributed by atoms with Crippen molar-refractivity contribution >= 4 is 12.9 Å². The fraction of sp³-hybridized carbons (Fsp3) is 0.667. The summed E-state index contributed by atoms with van der Waals surface area (Å²) in [6, 6.07) is 0. The van der Waals surface area contributed by atoms with Crippen molar-refractivity contribution in [1.82, 2.24) is 4.67 Å². The minimum absolute atomic E-state index is 1.08. The van der Waals surface area contributed by atoms with Gasteiger partial charge in [-0.05, 0) is 6.42 Å². The molecule has 0 aliphatic rings. The van der Waals surface area contributed by atoms with E-state index in [-0.39, 0.29) is 0 Å². The highest BCUT2D eigenvalue weighted by Gasteiger charge is 1.80. The number of rotatable bonds is 3. The smallest absolute Gasteiger partial charge is 0.114 e. The zero-order valence-electron chi connectivity index (χ0n) is 4.85. The molecule has 0 N–H and O–H groups in total. The molecule has 0 heterocycles. The highest BCUT2D eigenvalue weighted by Crippen LogP contribution is 1.86. The second kappa shape index (κ2) is 5.45. The van der Waals surface area contributed by atoms with Crippen molar-refractivity contribution in [2.24, 2.45) is 0 Å². The summed E-state index contributed by atoms with van der Waals surface area (Å²) in [7, 11) is 0. The van der Waals surface area contributed by atoms with Gasteiger partial charge in [-0.25, -0.2) is 0 Å². The van der Waals surface area contributed by atoms with E-state index in [1.54, 1.807) is 0 Å². The molecule has 0 fully saturated rings. The van der Waals surface area contributed by atoms with Crippen molar-refractivity contribution in [3.05, 3.63) is 0 Å². The van der Waals surface area contributed by atoms with Crippen molar-refractivity contribution in [3.8, 4) is 0 Å². The fourth-order valence-corrected chi connectivity index (χ4v) is 0.387. The van der Waals surface area contributed by atoms with Gasteiger partial charge in [-0.1, -0.05) is 13.3 Å². The van der Waals surface area contributed by atoms with E-state index in [4.69, 9.17) is 0 Å². The Labute approximate surface area is 44.8 Å². The summed E-state index contributed by atoms with van der Waals surface area (Å²) in [6.07, 6.45) is 5.41. The first kappa shape index (κ1) is 6.45. The Morgan fingerprint density at radius 1 is 1.71 bits per heavy atom. The number of unbranched alkanes of at least 4 members (excludes halogenated alkanes) is 2. The Morgan fingerprint density at radius 2 is 2.43 bits per heavy atom. The van der Waals surface area contributed by atoms with Crippen LogP contribution in [-0.4, -0.2) is 12.9 Å². The molecule has 0 aliphatic carbocycles. The average molecular weight is 98.2 g/mol. The minimum atomic E-state index is 1.08. The first-order valence-electron chi connectivity index (χ1n) is 2.69. The molecule has 1 nitrogen and oxygen atoms in total. The van der Waals surface area contributed by atoms with Crippen LogP contribution in [0.3, 0.4) is 0 Å². The third-order valence-corrected chi connectivity index (χ3v) is 0.816. The Bertz CT molecular complexity index is 70.2. The zero-order chi connectivity index (χ0) is 5.54. The van der Waals surface area contributed by atoms with Crippen LogP contribution >= 0.6 is 0 Å². The van der Waals surface area contributed by atoms with Crippen LogP contribution in [0.5, 0.6) is 0 Å². The van der Waals surface area contributed by atoms with Gasteiger partial charge >= 0.3 is 0 Å². The molecular formula is C6H12N+. The van der Waals surface area contributed by atoms with Gasteiger partial charge in [-0.15, -0.1) is 4.67 Å². The molecule has 0 aromatic heterocycles. The molecule has 0 saturated heterocycles. The van der Waals surface area contributed by atoms with Crippen LogP contribution in [0.2, 0.25) is 0 Å². The molecule has 0 bridgehead atoms. The second-order valence-electron chi connectivity index (χ2n) is 1.51. The van der Waals surface area contributed by atoms with E-state index in [2.05, 4.69) is 18.3 Å². The molecule has 40 valence electrons. The summed E-state index contributed by atoms with van der Waals surface area (Å²) in [5, 5.41) is 0. The van der Waals surface area contributed by atoms with E-state index < -0.39 is 0 Å². The average Bonchev–Trinajstić information content (AvgIpc) is 1.69. The van der Waals surface area contributed by atoms with Crippen LogP contribution < -0.4 is 4.67 Å². The number of hydrogen-bond donors (Lipinski definition) is 0. The van der Waals surface area contributed by atoms with E-state index in [1.807, 2.05) is 6.21 Å². The standard InChI is InChI=1S/C6H12N/c1-3-4-5-6-7-2/h6H,2-5H2,1H3/q+1. The van der Waals surface area contributed by atoms with Gasteiger partial charge in [0.15, 0.2) is 0 Å². The second-order valence-corrected chi connectivity index (χ2v) is 1.51. The lowest BCUT2D eigenvalue weighted by molar-refractivity contribution is 0.842. The van der Waals surface area contributed by atoms with Crippen molar-refractivity contribution in [3.63, 3.8) is 0 Å². The van der Waals surface area contributed by atoms with Crippen molar-refractivity contribution in [1.29, 1.82) is 0 Å². The lowest BCUT2D eigenvalue weighted by Gasteiger charge is -1.76. The molecule has 0 saturated carbocycles. The maximum Gasteiger partial charge on any atom is 0.268 e. The predicted molar refractivity (Wildman–Crippen MR) is 34.8 cm³/mol. The Balaban J connectivity index is 2.83. The van der Waals surface area contributed by atoms with E-state index in [1.165, 1.54) is 12.8 Å². The third kappa shape index (κ3) is 5.45. The van der Waals surface area contributed by atoms with Crippen LogP contribution in [0.25, 0.3) is 0 Å². The lowest BCUT2D eigenvalue weighted by atomic mass is 10.3. The van der Waals surface area contributed by atoms with Gasteiger partial charge in [0.05, 0.1) is 0 Å². The molecule has 0 aromatic rings. The van der Waals surface area contributed by atoms with Crippen molar-refractivity contribution in [2.45, 2.75) is 26.2 Å². The first-order chi connectivity index (χ1) is 3.41. The third-order valence-electron chi connectivity index (χ3n) is 0.816. The molecule has 7 heavy (non-hydrogen) atoms. The summed E-state index contributed by atoms with van der Waals surface area (Å²) in [5.74, 6) is 0. The zero-order valence-corrected chi connectivity index (χ0v) is 4.85. The van der Waals surface area contributed by atoms with Crippen molar-refractivity contribution in [2.75, 3.05) is 0 Å². The van der Waals surface area contributed by atoms with Crippen LogP contribution in [0.4, 0.5) is 0 Å². The van der Waals surface area contributed by atoms with Gasteiger partial charge in [0, 0.05) is 6.42 Å². The van der Waals surface area contributed by atoms with Crippen LogP contribution in [-0.2, 0) is 0 Å². The first-order valence-corrected chi connectivity index (χ1v) is 2.69. The summed E-state index contributed by atoms with van der Waals surface area (Å²) >= 11 is 0. The molecule has 0 aromatic carbocycles. The maximum atomic E-state index is 3.60. The molecule has 0 aliphatic heterocycles. The highest BCUT2D eigenvalue weighted by molar-refractivity contribution is 5.57. The topological polar surface area (TPSA) is 14.1 Å². The Morgan fingerprint density at radius 3 is 2.86 bits per heavy atom. The van der Waals surface area contributed by atoms with Gasteiger partial charge in [-0.2, -0.15) is 0 Å². The monoisotopic (exact) mass is 98.1 g/mol. The summed E-state index contributed by atoms with van der Waals surface area (Å²) < 4.78 is 3.60. The molecule has 0 radical (unpaired) electrons. The van der Waals surface area contributed by atoms with Crippen molar-refractivity contribution < 1.29 is 0 Å². The molecule has 0 unspecified atom stereocenters. The van der Waals surface area contributed by atoms with E-state index in [0.717, 1.165) is 6.42 Å². The van der Waals surface area contributed by atoms with Crippen LogP contribution in [0.1, 0.15) is 26.2 Å². The van der Waals surface area contributed by atoms with E-state index in [0.29, 0.717) is 0 Å². The van der Waals surface area contributed by atoms with Gasteiger partial charge < -0.3 is 0 Å².